The summed E-state index contributed by atoms with van der Waals surface area (Å²) >= 11 is 0. The number of ether oxygens (including phenoxy) is 1. The van der Waals surface area contributed by atoms with Gasteiger partial charge in [-0.1, -0.05) is 0 Å². The van der Waals surface area contributed by atoms with Crippen molar-refractivity contribution in [3.05, 3.63) is 53.3 Å². The van der Waals surface area contributed by atoms with Crippen LogP contribution in [0.25, 0.3) is 0 Å². The summed E-state index contributed by atoms with van der Waals surface area (Å²) in [4.78, 5) is 27.0. The van der Waals surface area contributed by atoms with Crippen molar-refractivity contribution in [3.63, 3.8) is 0 Å². The zero-order valence-electron chi connectivity index (χ0n) is 14.7. The van der Waals surface area contributed by atoms with E-state index in [1.54, 1.807) is 31.2 Å². The first-order valence-electron chi connectivity index (χ1n) is 8.06. The molecule has 6 nitrogen and oxygen atoms in total. The third kappa shape index (κ3) is 5.70. The quantitative estimate of drug-likeness (QED) is 0.806. The second kappa shape index (κ2) is 8.52. The van der Waals surface area contributed by atoms with Crippen LogP contribution in [0.3, 0.4) is 0 Å². The van der Waals surface area contributed by atoms with Gasteiger partial charge in [0.15, 0.2) is 6.61 Å². The van der Waals surface area contributed by atoms with Gasteiger partial charge in [-0.05, 0) is 50.2 Å². The van der Waals surface area contributed by atoms with Crippen molar-refractivity contribution >= 4 is 17.5 Å². The van der Waals surface area contributed by atoms with Crippen LogP contribution in [0.5, 0.6) is 5.75 Å². The minimum Gasteiger partial charge on any atom is -0.484 e. The number of amides is 2. The summed E-state index contributed by atoms with van der Waals surface area (Å²) in [7, 11) is 0. The molecule has 1 aromatic heterocycles. The number of carbonyl (C=O) groups excluding carboxylic acids is 2. The summed E-state index contributed by atoms with van der Waals surface area (Å²) < 4.78 is 43.2. The van der Waals surface area contributed by atoms with Gasteiger partial charge in [-0.2, -0.15) is 13.2 Å². The normalized spacial score (nSPS) is 11.0. The smallest absolute Gasteiger partial charge is 0.433 e. The number of nitrogens with one attached hydrogen (secondary N) is 2. The van der Waals surface area contributed by atoms with Crippen LogP contribution in [0.1, 0.15) is 28.7 Å². The summed E-state index contributed by atoms with van der Waals surface area (Å²) in [5.41, 5.74) is -0.612. The van der Waals surface area contributed by atoms with Crippen molar-refractivity contribution in [3.8, 4) is 5.75 Å². The number of hydrogen-bond acceptors (Lipinski definition) is 4. The Balaban J connectivity index is 2.01. The Morgan fingerprint density at radius 3 is 2.33 bits per heavy atom. The summed E-state index contributed by atoms with van der Waals surface area (Å²) in [6.07, 6.45) is -4.57. The van der Waals surface area contributed by atoms with Crippen LogP contribution in [-0.2, 0) is 11.0 Å². The Morgan fingerprint density at radius 1 is 1.11 bits per heavy atom. The highest BCUT2D eigenvalue weighted by Crippen LogP contribution is 2.28. The zero-order chi connectivity index (χ0) is 20.0. The van der Waals surface area contributed by atoms with Gasteiger partial charge in [0.2, 0.25) is 0 Å². The van der Waals surface area contributed by atoms with Gasteiger partial charge in [0.05, 0.1) is 11.3 Å². The first-order valence-corrected chi connectivity index (χ1v) is 8.06. The average molecular weight is 381 g/mol. The fraction of sp³-hybridized carbons (Fsp3) is 0.278. The standard InChI is InChI=1S/C18H18F3N3O3/c1-3-22-16(25)10-27-13-6-4-12(5-7-13)24-17(26)14-8-9-15(18(19,20)21)23-11(14)2/h4-9H,3,10H2,1-2H3,(H,22,25)(H,24,26). The van der Waals surface area contributed by atoms with Crippen LogP contribution in [-0.4, -0.2) is 29.9 Å². The monoisotopic (exact) mass is 381 g/mol. The van der Waals surface area contributed by atoms with Crippen LogP contribution >= 0.6 is 0 Å². The highest BCUT2D eigenvalue weighted by atomic mass is 19.4. The van der Waals surface area contributed by atoms with Crippen LogP contribution in [0.15, 0.2) is 36.4 Å². The van der Waals surface area contributed by atoms with Crippen LogP contribution < -0.4 is 15.4 Å². The lowest BCUT2D eigenvalue weighted by atomic mass is 10.1. The van der Waals surface area contributed by atoms with Crippen molar-refractivity contribution in [1.82, 2.24) is 10.3 Å². The Kier molecular flexibility index (Phi) is 6.38. The van der Waals surface area contributed by atoms with Gasteiger partial charge in [-0.15, -0.1) is 0 Å². The maximum atomic E-state index is 12.6. The second-order valence-electron chi connectivity index (χ2n) is 5.55. The van der Waals surface area contributed by atoms with Crippen molar-refractivity contribution in [2.75, 3.05) is 18.5 Å². The van der Waals surface area contributed by atoms with Gasteiger partial charge < -0.3 is 15.4 Å². The van der Waals surface area contributed by atoms with E-state index >= 15 is 0 Å². The van der Waals surface area contributed by atoms with E-state index < -0.39 is 17.8 Å². The van der Waals surface area contributed by atoms with Crippen molar-refractivity contribution < 1.29 is 27.5 Å². The molecule has 0 aliphatic carbocycles. The number of pyridine rings is 1. The number of rotatable bonds is 6. The van der Waals surface area contributed by atoms with Gasteiger partial charge in [0.1, 0.15) is 11.4 Å². The molecular weight excluding hydrogens is 363 g/mol. The summed E-state index contributed by atoms with van der Waals surface area (Å²) in [6.45, 7) is 3.51. The van der Waals surface area contributed by atoms with Gasteiger partial charge in [-0.25, -0.2) is 4.98 Å². The molecule has 0 radical (unpaired) electrons. The summed E-state index contributed by atoms with van der Waals surface area (Å²) in [5.74, 6) is -0.392. The molecule has 2 N–H and O–H groups in total. The summed E-state index contributed by atoms with van der Waals surface area (Å²) in [6, 6.07) is 8.08. The van der Waals surface area contributed by atoms with Gasteiger partial charge >= 0.3 is 6.18 Å². The molecule has 0 aliphatic heterocycles. The lowest BCUT2D eigenvalue weighted by Crippen LogP contribution is -2.28. The number of benzene rings is 1. The maximum Gasteiger partial charge on any atom is 0.433 e. The molecule has 1 aromatic carbocycles. The van der Waals surface area contributed by atoms with Crippen LogP contribution in [0.4, 0.5) is 18.9 Å². The van der Waals surface area contributed by atoms with Gasteiger partial charge in [0.25, 0.3) is 11.8 Å². The van der Waals surface area contributed by atoms with Crippen molar-refractivity contribution in [2.24, 2.45) is 0 Å². The largest absolute Gasteiger partial charge is 0.484 e. The third-order valence-corrected chi connectivity index (χ3v) is 3.48. The highest BCUT2D eigenvalue weighted by Gasteiger charge is 2.33. The highest BCUT2D eigenvalue weighted by molar-refractivity contribution is 6.05. The first kappa shape index (κ1) is 20.2. The number of anilines is 1. The zero-order valence-corrected chi connectivity index (χ0v) is 14.7. The number of aryl methyl sites for hydroxylation is 1. The predicted molar refractivity (Wildman–Crippen MR) is 92.5 cm³/mol. The van der Waals surface area contributed by atoms with E-state index in [1.807, 2.05) is 0 Å². The van der Waals surface area contributed by atoms with Crippen molar-refractivity contribution in [2.45, 2.75) is 20.0 Å². The molecule has 0 fully saturated rings. The van der Waals surface area contributed by atoms with E-state index in [-0.39, 0.29) is 23.8 Å². The van der Waals surface area contributed by atoms with E-state index in [1.165, 1.54) is 6.92 Å². The molecule has 2 amide bonds. The van der Waals surface area contributed by atoms with Gasteiger partial charge in [0, 0.05) is 12.2 Å². The van der Waals surface area contributed by atoms with Gasteiger partial charge in [-0.3, -0.25) is 9.59 Å². The molecular formula is C18H18F3N3O3. The Labute approximate surface area is 153 Å². The molecule has 0 bridgehead atoms. The third-order valence-electron chi connectivity index (χ3n) is 3.48. The SMILES string of the molecule is CCNC(=O)COc1ccc(NC(=O)c2ccc(C(F)(F)F)nc2C)cc1. The minimum absolute atomic E-state index is 0.0239. The molecule has 27 heavy (non-hydrogen) atoms. The lowest BCUT2D eigenvalue weighted by Gasteiger charge is -2.11. The number of carbonyl (C=O) groups is 2. The Morgan fingerprint density at radius 2 is 1.78 bits per heavy atom. The van der Waals surface area contributed by atoms with E-state index in [4.69, 9.17) is 4.74 Å². The van der Waals surface area contributed by atoms with E-state index in [0.29, 0.717) is 18.0 Å². The Bertz CT molecular complexity index is 821. The number of alkyl halides is 3. The van der Waals surface area contributed by atoms with Crippen molar-refractivity contribution in [1.29, 1.82) is 0 Å². The number of likely N-dealkylation sites (N-methyl/N-ethyl adjacent to an activating group) is 1. The number of nitrogens with zero attached hydrogens (tertiary/aromatic N) is 1. The molecule has 1 heterocycles. The second-order valence-corrected chi connectivity index (χ2v) is 5.55. The number of halogens is 3. The molecule has 9 heteroatoms. The van der Waals surface area contributed by atoms with Crippen LogP contribution in [0, 0.1) is 6.92 Å². The molecule has 0 saturated carbocycles. The van der Waals surface area contributed by atoms with E-state index in [2.05, 4.69) is 15.6 Å². The first-order chi connectivity index (χ1) is 12.7. The van der Waals surface area contributed by atoms with Crippen LogP contribution in [0.2, 0.25) is 0 Å². The average Bonchev–Trinajstić information content (AvgIpc) is 2.60. The minimum atomic E-state index is -4.57. The molecule has 0 unspecified atom stereocenters. The fourth-order valence-electron chi connectivity index (χ4n) is 2.19. The molecule has 144 valence electrons. The molecule has 2 rings (SSSR count). The topological polar surface area (TPSA) is 80.3 Å². The molecule has 2 aromatic rings. The van der Waals surface area contributed by atoms with E-state index in [0.717, 1.165) is 12.1 Å². The predicted octanol–water partition coefficient (Wildman–Crippen LogP) is 3.18. The summed E-state index contributed by atoms with van der Waals surface area (Å²) in [5, 5.41) is 5.17. The number of aromatic nitrogens is 1. The fourth-order valence-corrected chi connectivity index (χ4v) is 2.19. The Hall–Kier alpha value is -3.10. The molecule has 0 spiro atoms. The van der Waals surface area contributed by atoms with E-state index in [9.17, 15) is 22.8 Å². The number of hydrogen-bond donors (Lipinski definition) is 2. The maximum absolute atomic E-state index is 12.6. The molecule has 0 aliphatic rings. The molecule has 0 atom stereocenters. The lowest BCUT2D eigenvalue weighted by molar-refractivity contribution is -0.141. The molecule has 0 saturated heterocycles.